The Kier molecular flexibility index (Phi) is 4.48. The Labute approximate surface area is 113 Å². The summed E-state index contributed by atoms with van der Waals surface area (Å²) in [5, 5.41) is 22.2. The molecule has 0 aromatic carbocycles. The number of aliphatic hydroxyl groups is 1. The fourth-order valence-electron chi connectivity index (χ4n) is 1.40. The molecule has 0 fully saturated rings. The van der Waals surface area contributed by atoms with Gasteiger partial charge >= 0.3 is 6.03 Å². The van der Waals surface area contributed by atoms with Crippen LogP contribution in [0.5, 0.6) is 0 Å². The molecule has 0 aliphatic rings. The van der Waals surface area contributed by atoms with Crippen LogP contribution >= 0.6 is 11.3 Å². The highest BCUT2D eigenvalue weighted by atomic mass is 32.1. The largest absolute Gasteiger partial charge is 0.387 e. The summed E-state index contributed by atoms with van der Waals surface area (Å²) in [7, 11) is 0. The summed E-state index contributed by atoms with van der Waals surface area (Å²) < 4.78 is 4.85. The smallest absolute Gasteiger partial charge is 0.315 e. The molecule has 7 nitrogen and oxygen atoms in total. The summed E-state index contributed by atoms with van der Waals surface area (Å²) in [4.78, 5) is 15.4. The van der Waals surface area contributed by atoms with Crippen molar-refractivity contribution in [1.82, 2.24) is 20.8 Å². The zero-order valence-corrected chi connectivity index (χ0v) is 11.1. The second-order valence-corrected chi connectivity index (χ2v) is 4.65. The van der Waals surface area contributed by atoms with E-state index in [1.807, 2.05) is 16.8 Å². The summed E-state index contributed by atoms with van der Waals surface area (Å²) in [5.41, 5.74) is 0.790. The summed E-state index contributed by atoms with van der Waals surface area (Å²) in [5.74, 6) is 0.858. The third kappa shape index (κ3) is 4.04. The predicted octanol–water partition coefficient (Wildman–Crippen LogP) is 0.972. The number of rotatable bonds is 5. The topological polar surface area (TPSA) is 100 Å². The Morgan fingerprint density at radius 1 is 1.58 bits per heavy atom. The molecule has 102 valence electrons. The molecule has 2 rings (SSSR count). The first-order valence-electron chi connectivity index (χ1n) is 5.66. The summed E-state index contributed by atoms with van der Waals surface area (Å²) in [6.07, 6.45) is -0.706. The Morgan fingerprint density at radius 3 is 3.05 bits per heavy atom. The van der Waals surface area contributed by atoms with Crippen LogP contribution in [-0.2, 0) is 6.54 Å². The number of amides is 2. The zero-order chi connectivity index (χ0) is 13.7. The summed E-state index contributed by atoms with van der Waals surface area (Å²) in [6, 6.07) is 1.42. The van der Waals surface area contributed by atoms with E-state index in [0.29, 0.717) is 11.7 Å². The van der Waals surface area contributed by atoms with E-state index in [1.165, 1.54) is 11.3 Å². The highest BCUT2D eigenvalue weighted by Gasteiger charge is 2.10. The van der Waals surface area contributed by atoms with Gasteiger partial charge in [-0.05, 0) is 29.3 Å². The molecule has 0 spiro atoms. The number of carbonyl (C=O) groups is 1. The molecule has 0 saturated carbocycles. The molecule has 2 amide bonds. The van der Waals surface area contributed by atoms with Crippen LogP contribution in [0.3, 0.4) is 0 Å². The third-order valence-electron chi connectivity index (χ3n) is 2.35. The maximum atomic E-state index is 11.5. The van der Waals surface area contributed by atoms with Crippen LogP contribution in [0.4, 0.5) is 4.79 Å². The van der Waals surface area contributed by atoms with Gasteiger partial charge in [-0.1, -0.05) is 5.16 Å². The molecule has 0 aliphatic carbocycles. The fourth-order valence-corrected chi connectivity index (χ4v) is 2.11. The molecular weight excluding hydrogens is 268 g/mol. The molecule has 1 unspecified atom stereocenters. The SMILES string of the molecule is Cc1noc(CNC(=O)NCC(O)c2ccsc2)n1. The second-order valence-electron chi connectivity index (χ2n) is 3.87. The van der Waals surface area contributed by atoms with E-state index < -0.39 is 12.1 Å². The number of thiophene rings is 1. The van der Waals surface area contributed by atoms with Crippen molar-refractivity contribution >= 4 is 17.4 Å². The average molecular weight is 282 g/mol. The number of urea groups is 1. The number of carbonyl (C=O) groups excluding carboxylic acids is 1. The van der Waals surface area contributed by atoms with Crippen LogP contribution in [0.2, 0.25) is 0 Å². The molecule has 0 bridgehead atoms. The van der Waals surface area contributed by atoms with Crippen molar-refractivity contribution < 1.29 is 14.4 Å². The first-order chi connectivity index (χ1) is 9.15. The van der Waals surface area contributed by atoms with Gasteiger partial charge in [0.05, 0.1) is 12.6 Å². The number of nitrogens with one attached hydrogen (secondary N) is 2. The lowest BCUT2D eigenvalue weighted by Gasteiger charge is -2.10. The van der Waals surface area contributed by atoms with Crippen LogP contribution < -0.4 is 10.6 Å². The van der Waals surface area contributed by atoms with Gasteiger partial charge in [-0.15, -0.1) is 0 Å². The molecule has 2 heterocycles. The van der Waals surface area contributed by atoms with Gasteiger partial charge in [0.1, 0.15) is 0 Å². The number of hydrogen-bond acceptors (Lipinski definition) is 6. The Morgan fingerprint density at radius 2 is 2.42 bits per heavy atom. The fraction of sp³-hybridized carbons (Fsp3) is 0.364. The monoisotopic (exact) mass is 282 g/mol. The first kappa shape index (κ1) is 13.5. The number of hydrogen-bond donors (Lipinski definition) is 3. The van der Waals surface area contributed by atoms with Gasteiger partial charge in [-0.3, -0.25) is 0 Å². The van der Waals surface area contributed by atoms with Crippen molar-refractivity contribution in [2.24, 2.45) is 0 Å². The Bertz CT molecular complexity index is 526. The van der Waals surface area contributed by atoms with Gasteiger partial charge in [0.15, 0.2) is 5.82 Å². The van der Waals surface area contributed by atoms with Crippen molar-refractivity contribution in [1.29, 1.82) is 0 Å². The molecule has 2 aromatic rings. The van der Waals surface area contributed by atoms with Gasteiger partial charge < -0.3 is 20.3 Å². The number of aromatic nitrogens is 2. The molecule has 0 aliphatic heterocycles. The number of aryl methyl sites for hydroxylation is 1. The minimum Gasteiger partial charge on any atom is -0.387 e. The van der Waals surface area contributed by atoms with E-state index in [4.69, 9.17) is 4.52 Å². The lowest BCUT2D eigenvalue weighted by Crippen LogP contribution is -2.37. The van der Waals surface area contributed by atoms with Gasteiger partial charge in [-0.2, -0.15) is 16.3 Å². The van der Waals surface area contributed by atoms with Gasteiger partial charge in [0, 0.05) is 6.54 Å². The molecule has 19 heavy (non-hydrogen) atoms. The second kappa shape index (κ2) is 6.30. The Hall–Kier alpha value is -1.93. The van der Waals surface area contributed by atoms with Crippen LogP contribution in [0, 0.1) is 6.92 Å². The van der Waals surface area contributed by atoms with Crippen LogP contribution in [0.25, 0.3) is 0 Å². The van der Waals surface area contributed by atoms with Gasteiger partial charge in [-0.25, -0.2) is 4.79 Å². The molecule has 0 radical (unpaired) electrons. The van der Waals surface area contributed by atoms with E-state index in [1.54, 1.807) is 6.92 Å². The normalized spacial score (nSPS) is 12.1. The van der Waals surface area contributed by atoms with Gasteiger partial charge in [0.2, 0.25) is 5.89 Å². The van der Waals surface area contributed by atoms with Crippen molar-refractivity contribution in [3.63, 3.8) is 0 Å². The Balaban J connectivity index is 1.70. The zero-order valence-electron chi connectivity index (χ0n) is 10.3. The van der Waals surface area contributed by atoms with E-state index in [2.05, 4.69) is 20.8 Å². The van der Waals surface area contributed by atoms with Crippen molar-refractivity contribution in [3.8, 4) is 0 Å². The van der Waals surface area contributed by atoms with E-state index in [0.717, 1.165) is 5.56 Å². The minimum absolute atomic E-state index is 0.144. The molecule has 1 atom stereocenters. The molecule has 3 N–H and O–H groups in total. The van der Waals surface area contributed by atoms with E-state index in [-0.39, 0.29) is 13.1 Å². The highest BCUT2D eigenvalue weighted by molar-refractivity contribution is 7.07. The molecule has 2 aromatic heterocycles. The van der Waals surface area contributed by atoms with Crippen molar-refractivity contribution in [2.75, 3.05) is 6.54 Å². The number of nitrogens with zero attached hydrogens (tertiary/aromatic N) is 2. The number of aliphatic hydroxyl groups excluding tert-OH is 1. The molecule has 0 saturated heterocycles. The molecular formula is C11H14N4O3S. The molecule has 8 heteroatoms. The van der Waals surface area contributed by atoms with Crippen molar-refractivity contribution in [3.05, 3.63) is 34.1 Å². The van der Waals surface area contributed by atoms with Crippen LogP contribution in [-0.4, -0.2) is 27.8 Å². The van der Waals surface area contributed by atoms with Crippen LogP contribution in [0.1, 0.15) is 23.4 Å². The van der Waals surface area contributed by atoms with E-state index in [9.17, 15) is 9.90 Å². The highest BCUT2D eigenvalue weighted by Crippen LogP contribution is 2.14. The third-order valence-corrected chi connectivity index (χ3v) is 3.06. The standard InChI is InChI=1S/C11H14N4O3S/c1-7-14-10(18-15-7)5-13-11(17)12-4-9(16)8-2-3-19-6-8/h2-3,6,9,16H,4-5H2,1H3,(H2,12,13,17). The maximum Gasteiger partial charge on any atom is 0.315 e. The van der Waals surface area contributed by atoms with Crippen molar-refractivity contribution in [2.45, 2.75) is 19.6 Å². The maximum absolute atomic E-state index is 11.5. The summed E-state index contributed by atoms with van der Waals surface area (Å²) in [6.45, 7) is 2.00. The van der Waals surface area contributed by atoms with Crippen LogP contribution in [0.15, 0.2) is 21.3 Å². The summed E-state index contributed by atoms with van der Waals surface area (Å²) >= 11 is 1.50. The van der Waals surface area contributed by atoms with E-state index >= 15 is 0 Å². The lowest BCUT2D eigenvalue weighted by atomic mass is 10.2. The van der Waals surface area contributed by atoms with Gasteiger partial charge in [0.25, 0.3) is 0 Å². The predicted molar refractivity (Wildman–Crippen MR) is 68.6 cm³/mol. The average Bonchev–Trinajstić information content (AvgIpc) is 3.04. The quantitative estimate of drug-likeness (QED) is 0.758. The lowest BCUT2D eigenvalue weighted by molar-refractivity contribution is 0.173. The first-order valence-corrected chi connectivity index (χ1v) is 6.60. The minimum atomic E-state index is -0.706.